The number of H-pyrrole nitrogens is 2. The fourth-order valence-corrected chi connectivity index (χ4v) is 3.13. The molecule has 4 N–H and O–H groups in total. The third kappa shape index (κ3) is 3.94. The number of carboxylic acid groups (broad SMARTS) is 1. The topological polar surface area (TPSA) is 128 Å². The van der Waals surface area contributed by atoms with Crippen LogP contribution in [0.3, 0.4) is 0 Å². The lowest BCUT2D eigenvalue weighted by molar-refractivity contribution is -0.137. The number of hydrogen-bond donors (Lipinski definition) is 4. The van der Waals surface area contributed by atoms with Crippen molar-refractivity contribution in [3.8, 4) is 11.6 Å². The molecule has 1 unspecified atom stereocenters. The molecule has 0 aliphatic heterocycles. The zero-order chi connectivity index (χ0) is 20.3. The smallest absolute Gasteiger partial charge is 0.305 e. The molecule has 0 aliphatic carbocycles. The Morgan fingerprint density at radius 3 is 2.61 bits per heavy atom. The zero-order valence-electron chi connectivity index (χ0n) is 14.8. The highest BCUT2D eigenvalue weighted by molar-refractivity contribution is 7.71. The largest absolute Gasteiger partial charge is 0.496 e. The molecule has 1 heterocycles. The first-order chi connectivity index (χ1) is 13.4. The van der Waals surface area contributed by atoms with Gasteiger partial charge in [-0.2, -0.15) is 0 Å². The molecular weight excluding hydrogens is 382 g/mol. The first-order valence-electron chi connectivity index (χ1n) is 8.27. The van der Waals surface area contributed by atoms with Crippen molar-refractivity contribution in [1.29, 1.82) is 0 Å². The van der Waals surface area contributed by atoms with Crippen LogP contribution in [-0.4, -0.2) is 39.5 Å². The second-order valence-electron chi connectivity index (χ2n) is 5.96. The van der Waals surface area contributed by atoms with Gasteiger partial charge in [0.15, 0.2) is 4.77 Å². The summed E-state index contributed by atoms with van der Waals surface area (Å²) in [5.41, 5.74) is -0.102. The molecule has 0 fully saturated rings. The first kappa shape index (κ1) is 19.3. The van der Waals surface area contributed by atoms with Crippen molar-refractivity contribution in [1.82, 2.24) is 9.97 Å². The number of fused-ring (bicyclic) bond motifs is 1. The number of ether oxygens (including phenoxy) is 1. The standard InChI is InChI=1S/C19H17N3O5S/c1-27-15-7-6-11(10-4-2-3-5-12(10)15)14(8-16(23)24)20-9-13-17(25)21-19(28)22-18(13)26/h2-7,9,14H,8H2,1H3,(H,23,24)(H3,21,22,25,26,28). The summed E-state index contributed by atoms with van der Waals surface area (Å²) in [4.78, 5) is 32.4. The van der Waals surface area contributed by atoms with E-state index in [2.05, 4.69) is 15.0 Å². The van der Waals surface area contributed by atoms with Gasteiger partial charge in [-0.3, -0.25) is 19.6 Å². The molecular formula is C19H17N3O5S. The molecule has 0 saturated carbocycles. The van der Waals surface area contributed by atoms with Gasteiger partial charge in [0.2, 0.25) is 5.88 Å². The second kappa shape index (κ2) is 8.05. The molecule has 0 spiro atoms. The highest BCUT2D eigenvalue weighted by atomic mass is 32.1. The molecule has 0 amide bonds. The Bertz CT molecular complexity index is 1180. The fraction of sp³-hybridized carbons (Fsp3) is 0.158. The van der Waals surface area contributed by atoms with Crippen molar-refractivity contribution in [2.45, 2.75) is 12.5 Å². The number of aliphatic carboxylic acids is 1. The van der Waals surface area contributed by atoms with Crippen molar-refractivity contribution < 1.29 is 19.7 Å². The fourth-order valence-electron chi connectivity index (χ4n) is 2.94. The highest BCUT2D eigenvalue weighted by Crippen LogP contribution is 2.34. The third-order valence-corrected chi connectivity index (χ3v) is 4.41. The number of carboxylic acids is 1. The van der Waals surface area contributed by atoms with Gasteiger partial charge in [-0.05, 0) is 29.2 Å². The molecule has 2 aromatic carbocycles. The number of rotatable bonds is 6. The van der Waals surface area contributed by atoms with Gasteiger partial charge in [0.25, 0.3) is 5.56 Å². The van der Waals surface area contributed by atoms with Gasteiger partial charge in [-0.1, -0.05) is 30.3 Å². The van der Waals surface area contributed by atoms with Crippen molar-refractivity contribution in [3.05, 3.63) is 62.6 Å². The molecule has 0 aliphatic rings. The number of nitrogens with zero attached hydrogens (tertiary/aromatic N) is 1. The maximum Gasteiger partial charge on any atom is 0.305 e. The van der Waals surface area contributed by atoms with E-state index in [4.69, 9.17) is 17.0 Å². The second-order valence-corrected chi connectivity index (χ2v) is 6.37. The molecule has 9 heteroatoms. The Kier molecular flexibility index (Phi) is 5.55. The SMILES string of the molecule is COc1ccc(C(CC(=O)O)N=Cc2c(O)[nH]c(=S)[nH]c2=O)c2ccccc12. The van der Waals surface area contributed by atoms with E-state index in [1.165, 1.54) is 0 Å². The summed E-state index contributed by atoms with van der Waals surface area (Å²) >= 11 is 4.79. The van der Waals surface area contributed by atoms with Gasteiger partial charge in [-0.25, -0.2) is 0 Å². The van der Waals surface area contributed by atoms with Crippen LogP contribution in [0.4, 0.5) is 0 Å². The molecule has 28 heavy (non-hydrogen) atoms. The van der Waals surface area contributed by atoms with Crippen LogP contribution in [0.5, 0.6) is 11.6 Å². The van der Waals surface area contributed by atoms with Gasteiger partial charge in [-0.15, -0.1) is 0 Å². The van der Waals surface area contributed by atoms with E-state index in [1.54, 1.807) is 19.2 Å². The van der Waals surface area contributed by atoms with Crippen LogP contribution in [-0.2, 0) is 4.79 Å². The number of carbonyl (C=O) groups is 1. The van der Waals surface area contributed by atoms with Crippen LogP contribution < -0.4 is 10.3 Å². The van der Waals surface area contributed by atoms with Gasteiger partial charge in [0.1, 0.15) is 11.3 Å². The molecule has 144 valence electrons. The summed E-state index contributed by atoms with van der Waals surface area (Å²) in [7, 11) is 1.56. The van der Waals surface area contributed by atoms with Crippen molar-refractivity contribution in [3.63, 3.8) is 0 Å². The Hall–Kier alpha value is -3.46. The summed E-state index contributed by atoms with van der Waals surface area (Å²) in [5.74, 6) is -0.832. The predicted octanol–water partition coefficient (Wildman–Crippen LogP) is 2.93. The van der Waals surface area contributed by atoms with Crippen LogP contribution >= 0.6 is 12.2 Å². The molecule has 1 atom stereocenters. The monoisotopic (exact) mass is 399 g/mol. The van der Waals surface area contributed by atoms with E-state index in [-0.39, 0.29) is 16.8 Å². The molecule has 1 aromatic heterocycles. The quantitative estimate of drug-likeness (QED) is 0.373. The van der Waals surface area contributed by atoms with Crippen LogP contribution in [0.2, 0.25) is 0 Å². The summed E-state index contributed by atoms with van der Waals surface area (Å²) in [6.45, 7) is 0. The third-order valence-electron chi connectivity index (χ3n) is 4.21. The van der Waals surface area contributed by atoms with E-state index in [1.807, 2.05) is 24.3 Å². The summed E-state index contributed by atoms with van der Waals surface area (Å²) < 4.78 is 5.34. The first-order valence-corrected chi connectivity index (χ1v) is 8.67. The van der Waals surface area contributed by atoms with E-state index in [9.17, 15) is 19.8 Å². The Morgan fingerprint density at radius 1 is 1.25 bits per heavy atom. The van der Waals surface area contributed by atoms with Gasteiger partial charge < -0.3 is 19.9 Å². The minimum atomic E-state index is -1.05. The normalized spacial score (nSPS) is 12.3. The van der Waals surface area contributed by atoms with E-state index in [0.29, 0.717) is 11.3 Å². The number of aromatic nitrogens is 2. The number of benzene rings is 2. The maximum absolute atomic E-state index is 12.0. The lowest BCUT2D eigenvalue weighted by Crippen LogP contribution is -2.14. The van der Waals surface area contributed by atoms with Crippen molar-refractivity contribution >= 4 is 35.2 Å². The Labute approximate surface area is 164 Å². The Morgan fingerprint density at radius 2 is 1.96 bits per heavy atom. The zero-order valence-corrected chi connectivity index (χ0v) is 15.6. The minimum Gasteiger partial charge on any atom is -0.496 e. The van der Waals surface area contributed by atoms with Gasteiger partial charge >= 0.3 is 5.97 Å². The Balaban J connectivity index is 2.12. The number of nitrogens with one attached hydrogen (secondary N) is 2. The molecule has 8 nitrogen and oxygen atoms in total. The number of hydrogen-bond acceptors (Lipinski definition) is 6. The number of methoxy groups -OCH3 is 1. The lowest BCUT2D eigenvalue weighted by Gasteiger charge is -2.15. The highest BCUT2D eigenvalue weighted by Gasteiger charge is 2.18. The average Bonchev–Trinajstić information content (AvgIpc) is 2.65. The van der Waals surface area contributed by atoms with E-state index in [0.717, 1.165) is 17.0 Å². The summed E-state index contributed by atoms with van der Waals surface area (Å²) in [6.07, 6.45) is 0.848. The average molecular weight is 399 g/mol. The molecule has 3 aromatic rings. The number of aromatic hydroxyl groups is 1. The maximum atomic E-state index is 12.0. The number of aliphatic imine (C=N–C) groups is 1. The summed E-state index contributed by atoms with van der Waals surface area (Å²) in [5, 5.41) is 20.8. The van der Waals surface area contributed by atoms with E-state index >= 15 is 0 Å². The van der Waals surface area contributed by atoms with Crippen LogP contribution in [0.1, 0.15) is 23.6 Å². The predicted molar refractivity (Wildman–Crippen MR) is 107 cm³/mol. The van der Waals surface area contributed by atoms with E-state index < -0.39 is 23.5 Å². The van der Waals surface area contributed by atoms with Crippen molar-refractivity contribution in [2.24, 2.45) is 4.99 Å². The number of aromatic amines is 2. The van der Waals surface area contributed by atoms with Crippen LogP contribution in [0.15, 0.2) is 46.2 Å². The molecule has 0 bridgehead atoms. The summed E-state index contributed by atoms with van der Waals surface area (Å²) in [6, 6.07) is 10.1. The van der Waals surface area contributed by atoms with Crippen LogP contribution in [0, 0.1) is 4.77 Å². The van der Waals surface area contributed by atoms with Crippen LogP contribution in [0.25, 0.3) is 10.8 Å². The lowest BCUT2D eigenvalue weighted by atomic mass is 9.96. The molecule has 0 saturated heterocycles. The minimum absolute atomic E-state index is 0.0251. The van der Waals surface area contributed by atoms with Gasteiger partial charge in [0, 0.05) is 11.6 Å². The molecule has 3 rings (SSSR count). The molecule has 0 radical (unpaired) electrons. The van der Waals surface area contributed by atoms with Gasteiger partial charge in [0.05, 0.1) is 19.6 Å². The van der Waals surface area contributed by atoms with Crippen molar-refractivity contribution in [2.75, 3.05) is 7.11 Å².